The highest BCUT2D eigenvalue weighted by atomic mass is 35.5. The molecule has 0 spiro atoms. The van der Waals surface area contributed by atoms with Crippen molar-refractivity contribution >= 4 is 11.6 Å². The Hall–Kier alpha value is -3.02. The number of aryl methyl sites for hydroxylation is 2. The first-order chi connectivity index (χ1) is 15.3. The van der Waals surface area contributed by atoms with Gasteiger partial charge in [-0.05, 0) is 41.2 Å². The summed E-state index contributed by atoms with van der Waals surface area (Å²) in [4.78, 5) is 6.76. The van der Waals surface area contributed by atoms with Crippen LogP contribution in [0.15, 0.2) is 67.0 Å². The van der Waals surface area contributed by atoms with Gasteiger partial charge in [-0.2, -0.15) is 0 Å². The van der Waals surface area contributed by atoms with E-state index < -0.39 is 0 Å². The Morgan fingerprint density at radius 2 is 1.55 bits per heavy atom. The van der Waals surface area contributed by atoms with Gasteiger partial charge in [0.25, 0.3) is 0 Å². The summed E-state index contributed by atoms with van der Waals surface area (Å²) < 4.78 is 2.21. The van der Waals surface area contributed by atoms with Crippen molar-refractivity contribution < 1.29 is 0 Å². The summed E-state index contributed by atoms with van der Waals surface area (Å²) in [5.41, 5.74) is 6.63. The molecule has 4 aromatic rings. The van der Waals surface area contributed by atoms with Gasteiger partial charge in [0, 0.05) is 31.0 Å². The molecular weight excluding hydrogens is 406 g/mol. The zero-order chi connectivity index (χ0) is 20.8. The smallest absolute Gasteiger partial charge is 0.165 e. The molecule has 0 saturated heterocycles. The van der Waals surface area contributed by atoms with Crippen LogP contribution in [0.2, 0.25) is 5.02 Å². The number of nitrogens with zero attached hydrogens (tertiary/aromatic N) is 5. The van der Waals surface area contributed by atoms with E-state index in [1.165, 1.54) is 22.3 Å². The van der Waals surface area contributed by atoms with Crippen molar-refractivity contribution in [2.75, 3.05) is 6.54 Å². The van der Waals surface area contributed by atoms with Crippen LogP contribution in [0.4, 0.5) is 0 Å². The molecule has 154 valence electrons. The third-order valence-electron chi connectivity index (χ3n) is 6.47. The molecule has 2 aromatic carbocycles. The fourth-order valence-electron chi connectivity index (χ4n) is 5.03. The molecule has 0 saturated carbocycles. The van der Waals surface area contributed by atoms with Crippen LogP contribution in [0.1, 0.15) is 34.1 Å². The van der Waals surface area contributed by atoms with E-state index in [1.54, 1.807) is 12.4 Å². The van der Waals surface area contributed by atoms with Crippen molar-refractivity contribution in [2.45, 2.75) is 32.0 Å². The van der Waals surface area contributed by atoms with Crippen LogP contribution in [0.5, 0.6) is 0 Å². The fourth-order valence-corrected chi connectivity index (χ4v) is 5.21. The lowest BCUT2D eigenvalue weighted by Gasteiger charge is -2.36. The lowest BCUT2D eigenvalue weighted by atomic mass is 9.93. The molecule has 1 aliphatic carbocycles. The predicted molar refractivity (Wildman–Crippen MR) is 121 cm³/mol. The summed E-state index contributed by atoms with van der Waals surface area (Å²) >= 11 is 6.15. The first-order valence-corrected chi connectivity index (χ1v) is 11.1. The van der Waals surface area contributed by atoms with Gasteiger partial charge in [0.1, 0.15) is 5.82 Å². The summed E-state index contributed by atoms with van der Waals surface area (Å²) in [6, 6.07) is 19.9. The van der Waals surface area contributed by atoms with Gasteiger partial charge in [0.2, 0.25) is 0 Å². The number of pyridine rings is 1. The van der Waals surface area contributed by atoms with Crippen LogP contribution < -0.4 is 0 Å². The molecule has 0 bridgehead atoms. The Balaban J connectivity index is 1.40. The molecule has 2 aromatic heterocycles. The lowest BCUT2D eigenvalue weighted by molar-refractivity contribution is 0.176. The minimum atomic E-state index is 0.233. The number of hydrogen-bond donors (Lipinski definition) is 0. The summed E-state index contributed by atoms with van der Waals surface area (Å²) in [7, 11) is 0. The van der Waals surface area contributed by atoms with Crippen LogP contribution in [0.25, 0.3) is 11.4 Å². The van der Waals surface area contributed by atoms with Crippen molar-refractivity contribution in [1.82, 2.24) is 24.6 Å². The van der Waals surface area contributed by atoms with Crippen molar-refractivity contribution in [1.29, 1.82) is 0 Å². The van der Waals surface area contributed by atoms with Gasteiger partial charge < -0.3 is 4.57 Å². The average molecular weight is 428 g/mol. The van der Waals surface area contributed by atoms with Gasteiger partial charge in [-0.25, -0.2) is 0 Å². The van der Waals surface area contributed by atoms with Crippen LogP contribution in [0.3, 0.4) is 0 Å². The van der Waals surface area contributed by atoms with E-state index in [9.17, 15) is 0 Å². The highest BCUT2D eigenvalue weighted by molar-refractivity contribution is 6.30. The standard InChI is InChI=1S/C25H22ClN5/c26-20-13-19(14-27-15-20)25-29-28-23-16-30(11-12-31(23)25)24-21-7-3-1-5-17(21)9-10-18-6-2-4-8-22(18)24/h1-8,13-15,24H,9-12,16H2. The summed E-state index contributed by atoms with van der Waals surface area (Å²) in [5.74, 6) is 1.83. The average Bonchev–Trinajstić information content (AvgIpc) is 3.15. The Labute approximate surface area is 186 Å². The number of rotatable bonds is 2. The van der Waals surface area contributed by atoms with E-state index in [0.29, 0.717) is 5.02 Å². The van der Waals surface area contributed by atoms with Gasteiger partial charge in [0.15, 0.2) is 5.82 Å². The van der Waals surface area contributed by atoms with Crippen LogP contribution in [-0.4, -0.2) is 31.2 Å². The quantitative estimate of drug-likeness (QED) is 0.465. The highest BCUT2D eigenvalue weighted by Crippen LogP contribution is 2.38. The maximum Gasteiger partial charge on any atom is 0.165 e. The van der Waals surface area contributed by atoms with Crippen molar-refractivity contribution in [2.24, 2.45) is 0 Å². The Bertz CT molecular complexity index is 1220. The van der Waals surface area contributed by atoms with Crippen LogP contribution >= 0.6 is 11.6 Å². The molecule has 0 amide bonds. The molecule has 31 heavy (non-hydrogen) atoms. The molecule has 5 nitrogen and oxygen atoms in total. The number of fused-ring (bicyclic) bond motifs is 3. The van der Waals surface area contributed by atoms with Gasteiger partial charge >= 0.3 is 0 Å². The number of benzene rings is 2. The second kappa shape index (κ2) is 7.59. The Kier molecular flexibility index (Phi) is 4.59. The molecule has 0 unspecified atom stereocenters. The normalized spacial score (nSPS) is 16.3. The number of hydrogen-bond acceptors (Lipinski definition) is 4. The van der Waals surface area contributed by atoms with E-state index in [4.69, 9.17) is 11.6 Å². The van der Waals surface area contributed by atoms with Gasteiger partial charge in [0.05, 0.1) is 17.6 Å². The minimum absolute atomic E-state index is 0.233. The van der Waals surface area contributed by atoms with E-state index in [1.807, 2.05) is 6.07 Å². The molecular formula is C25H22ClN5. The Morgan fingerprint density at radius 1 is 0.839 bits per heavy atom. The molecule has 0 fully saturated rings. The van der Waals surface area contributed by atoms with Crippen LogP contribution in [-0.2, 0) is 25.9 Å². The van der Waals surface area contributed by atoms with Gasteiger partial charge in [-0.1, -0.05) is 60.1 Å². The molecule has 6 heteroatoms. The second-order valence-electron chi connectivity index (χ2n) is 8.25. The van der Waals surface area contributed by atoms with E-state index >= 15 is 0 Å². The minimum Gasteiger partial charge on any atom is -0.309 e. The van der Waals surface area contributed by atoms with Crippen molar-refractivity contribution in [3.63, 3.8) is 0 Å². The summed E-state index contributed by atoms with van der Waals surface area (Å²) in [5, 5.41) is 9.64. The fraction of sp³-hybridized carbons (Fsp3) is 0.240. The number of aromatic nitrogens is 4. The molecule has 0 radical (unpaired) electrons. The molecule has 6 rings (SSSR count). The maximum atomic E-state index is 6.15. The van der Waals surface area contributed by atoms with Crippen molar-refractivity contribution in [3.05, 3.63) is 100 Å². The third-order valence-corrected chi connectivity index (χ3v) is 6.68. The van der Waals surface area contributed by atoms with E-state index in [2.05, 4.69) is 73.2 Å². The molecule has 1 aliphatic heterocycles. The first-order valence-electron chi connectivity index (χ1n) is 10.7. The Morgan fingerprint density at radius 3 is 2.26 bits per heavy atom. The second-order valence-corrected chi connectivity index (χ2v) is 8.69. The zero-order valence-electron chi connectivity index (χ0n) is 17.1. The summed E-state index contributed by atoms with van der Waals surface area (Å²) in [6.07, 6.45) is 5.60. The third kappa shape index (κ3) is 3.25. The summed E-state index contributed by atoms with van der Waals surface area (Å²) in [6.45, 7) is 2.53. The van der Waals surface area contributed by atoms with E-state index in [0.717, 1.165) is 49.7 Å². The number of halogens is 1. The molecule has 0 N–H and O–H groups in total. The van der Waals surface area contributed by atoms with Crippen LogP contribution in [0, 0.1) is 0 Å². The van der Waals surface area contributed by atoms with Crippen molar-refractivity contribution in [3.8, 4) is 11.4 Å². The lowest BCUT2D eigenvalue weighted by Crippen LogP contribution is -2.37. The predicted octanol–water partition coefficient (Wildman–Crippen LogP) is 4.70. The largest absolute Gasteiger partial charge is 0.309 e. The molecule has 0 atom stereocenters. The van der Waals surface area contributed by atoms with Gasteiger partial charge in [-0.3, -0.25) is 9.88 Å². The first kappa shape index (κ1) is 18.7. The van der Waals surface area contributed by atoms with Gasteiger partial charge in [-0.15, -0.1) is 10.2 Å². The molecule has 3 heterocycles. The maximum absolute atomic E-state index is 6.15. The van der Waals surface area contributed by atoms with E-state index in [-0.39, 0.29) is 6.04 Å². The zero-order valence-corrected chi connectivity index (χ0v) is 17.8. The monoisotopic (exact) mass is 427 g/mol. The topological polar surface area (TPSA) is 46.8 Å². The highest BCUT2D eigenvalue weighted by Gasteiger charge is 2.32. The molecule has 2 aliphatic rings. The SMILES string of the molecule is Clc1cncc(-c2nnc3n2CCN(C2c4ccccc4CCc4ccccc42)C3)c1.